The van der Waals surface area contributed by atoms with Gasteiger partial charge < -0.3 is 23.7 Å². The van der Waals surface area contributed by atoms with E-state index in [0.717, 1.165) is 11.1 Å². The van der Waals surface area contributed by atoms with Crippen LogP contribution in [-0.2, 0) is 6.61 Å². The van der Waals surface area contributed by atoms with Crippen molar-refractivity contribution in [2.24, 2.45) is 0 Å². The summed E-state index contributed by atoms with van der Waals surface area (Å²) in [7, 11) is 1.57. The summed E-state index contributed by atoms with van der Waals surface area (Å²) in [6, 6.07) is 16.3. The molecule has 170 valence electrons. The molecule has 0 aromatic heterocycles. The van der Waals surface area contributed by atoms with Gasteiger partial charge in [-0.25, -0.2) is 0 Å². The van der Waals surface area contributed by atoms with Crippen LogP contribution in [0.1, 0.15) is 21.5 Å². The van der Waals surface area contributed by atoms with Gasteiger partial charge in [-0.05, 0) is 60.2 Å². The minimum atomic E-state index is -2.91. The highest BCUT2D eigenvalue weighted by atomic mass is 19.3. The van der Waals surface area contributed by atoms with Crippen molar-refractivity contribution in [3.05, 3.63) is 83.4 Å². The second-order valence-corrected chi connectivity index (χ2v) is 6.98. The highest BCUT2D eigenvalue weighted by molar-refractivity contribution is 6.06. The van der Waals surface area contributed by atoms with Gasteiger partial charge in [-0.1, -0.05) is 12.1 Å². The number of carbonyl (C=O) groups excluding carboxylic acids is 1. The molecule has 1 aliphatic rings. The Kier molecular flexibility index (Phi) is 6.73. The molecule has 0 atom stereocenters. The van der Waals surface area contributed by atoms with Crippen molar-refractivity contribution in [2.45, 2.75) is 13.2 Å². The molecule has 3 aromatic carbocycles. The lowest BCUT2D eigenvalue weighted by atomic mass is 10.1. The predicted octanol–water partition coefficient (Wildman–Crippen LogP) is 5.50. The number of rotatable bonds is 9. The number of ketones is 1. The van der Waals surface area contributed by atoms with Crippen molar-refractivity contribution < 1.29 is 37.3 Å². The van der Waals surface area contributed by atoms with Crippen molar-refractivity contribution in [3.8, 4) is 28.7 Å². The highest BCUT2D eigenvalue weighted by Crippen LogP contribution is 2.35. The lowest BCUT2D eigenvalue weighted by Gasteiger charge is -2.11. The number of alkyl halides is 2. The molecule has 33 heavy (non-hydrogen) atoms. The fourth-order valence-electron chi connectivity index (χ4n) is 3.21. The molecule has 0 bridgehead atoms. The van der Waals surface area contributed by atoms with E-state index < -0.39 is 6.61 Å². The predicted molar refractivity (Wildman–Crippen MR) is 116 cm³/mol. The van der Waals surface area contributed by atoms with E-state index in [2.05, 4.69) is 4.74 Å². The Labute approximate surface area is 188 Å². The minimum Gasteiger partial charge on any atom is -0.496 e. The van der Waals surface area contributed by atoms with E-state index >= 15 is 0 Å². The molecular weight excluding hydrogens is 434 g/mol. The van der Waals surface area contributed by atoms with Crippen LogP contribution in [0.3, 0.4) is 0 Å². The zero-order valence-corrected chi connectivity index (χ0v) is 17.6. The van der Waals surface area contributed by atoms with Crippen molar-refractivity contribution in [2.75, 3.05) is 13.9 Å². The lowest BCUT2D eigenvalue weighted by Crippen LogP contribution is -2.02. The largest absolute Gasteiger partial charge is 0.496 e. The molecule has 0 aliphatic carbocycles. The van der Waals surface area contributed by atoms with Gasteiger partial charge in [-0.15, -0.1) is 0 Å². The zero-order valence-electron chi connectivity index (χ0n) is 17.6. The van der Waals surface area contributed by atoms with E-state index in [9.17, 15) is 13.6 Å². The number of methoxy groups -OCH3 is 1. The summed E-state index contributed by atoms with van der Waals surface area (Å²) in [4.78, 5) is 12.4. The molecule has 1 heterocycles. The average molecular weight is 454 g/mol. The summed E-state index contributed by atoms with van der Waals surface area (Å²) in [6.07, 6.45) is 3.07. The Morgan fingerprint density at radius 2 is 1.76 bits per heavy atom. The molecule has 0 saturated heterocycles. The Balaban J connectivity index is 1.43. The third-order valence-corrected chi connectivity index (χ3v) is 4.83. The van der Waals surface area contributed by atoms with Gasteiger partial charge in [0, 0.05) is 17.2 Å². The first-order valence-corrected chi connectivity index (χ1v) is 9.98. The number of fused-ring (bicyclic) bond motifs is 1. The topological polar surface area (TPSA) is 63.2 Å². The first-order valence-electron chi connectivity index (χ1n) is 9.98. The fraction of sp³-hybridized carbons (Fsp3) is 0.160. The van der Waals surface area contributed by atoms with Gasteiger partial charge in [0.2, 0.25) is 6.79 Å². The summed E-state index contributed by atoms with van der Waals surface area (Å²) in [5, 5.41) is 0. The van der Waals surface area contributed by atoms with E-state index in [1.54, 1.807) is 37.5 Å². The van der Waals surface area contributed by atoms with E-state index in [-0.39, 0.29) is 24.9 Å². The van der Waals surface area contributed by atoms with Crippen LogP contribution in [0.5, 0.6) is 28.7 Å². The van der Waals surface area contributed by atoms with Crippen molar-refractivity contribution >= 4 is 11.9 Å². The number of hydrogen-bond donors (Lipinski definition) is 0. The first-order chi connectivity index (χ1) is 16.0. The highest BCUT2D eigenvalue weighted by Gasteiger charge is 2.14. The van der Waals surface area contributed by atoms with Crippen molar-refractivity contribution in [3.63, 3.8) is 0 Å². The standard InChI is InChI=1S/C25H20F2O6/c1-29-22-10-3-16(2-9-21(28)17-4-6-19(7-5-17)33-25(26)27)12-18(22)14-30-20-8-11-23-24(13-20)32-15-31-23/h2-13,25H,14-15H2,1H3/b9-2+. The van der Waals surface area contributed by atoms with Gasteiger partial charge in [-0.3, -0.25) is 4.79 Å². The Hall–Kier alpha value is -4.07. The third kappa shape index (κ3) is 5.60. The second kappa shape index (κ2) is 10.0. The molecule has 0 radical (unpaired) electrons. The Bertz CT molecular complexity index is 1160. The SMILES string of the molecule is COc1ccc(/C=C/C(=O)c2ccc(OC(F)F)cc2)cc1COc1ccc2c(c1)OCO2. The summed E-state index contributed by atoms with van der Waals surface area (Å²) < 4.78 is 50.7. The maximum Gasteiger partial charge on any atom is 0.387 e. The molecule has 0 amide bonds. The van der Waals surface area contributed by atoms with Crippen LogP contribution < -0.4 is 23.7 Å². The first kappa shape index (κ1) is 22.1. The minimum absolute atomic E-state index is 0.00668. The van der Waals surface area contributed by atoms with Crippen LogP contribution in [-0.4, -0.2) is 26.3 Å². The Morgan fingerprint density at radius 3 is 2.52 bits per heavy atom. The summed E-state index contributed by atoms with van der Waals surface area (Å²) in [5.74, 6) is 2.29. The molecular formula is C25H20F2O6. The zero-order chi connectivity index (χ0) is 23.2. The van der Waals surface area contributed by atoms with Gasteiger partial charge in [0.1, 0.15) is 23.9 Å². The second-order valence-electron chi connectivity index (χ2n) is 6.98. The number of halogens is 2. The van der Waals surface area contributed by atoms with Crippen molar-refractivity contribution in [1.82, 2.24) is 0 Å². The van der Waals surface area contributed by atoms with Crippen molar-refractivity contribution in [1.29, 1.82) is 0 Å². The molecule has 0 fully saturated rings. The van der Waals surface area contributed by atoms with Gasteiger partial charge >= 0.3 is 6.61 Å². The summed E-state index contributed by atoms with van der Waals surface area (Å²) >= 11 is 0. The number of ether oxygens (including phenoxy) is 5. The lowest BCUT2D eigenvalue weighted by molar-refractivity contribution is -0.0498. The summed E-state index contributed by atoms with van der Waals surface area (Å²) in [6.45, 7) is -2.48. The number of benzene rings is 3. The molecule has 6 nitrogen and oxygen atoms in total. The Morgan fingerprint density at radius 1 is 1.00 bits per heavy atom. The van der Waals surface area contributed by atoms with Gasteiger partial charge in [0.15, 0.2) is 17.3 Å². The van der Waals surface area contributed by atoms with Crippen LogP contribution >= 0.6 is 0 Å². The third-order valence-electron chi connectivity index (χ3n) is 4.83. The van der Waals surface area contributed by atoms with Crippen LogP contribution in [0, 0.1) is 0 Å². The maximum absolute atomic E-state index is 12.4. The molecule has 8 heteroatoms. The number of allylic oxidation sites excluding steroid dienone is 1. The van der Waals surface area contributed by atoms with E-state index in [1.807, 2.05) is 12.1 Å². The molecule has 0 unspecified atom stereocenters. The normalized spacial score (nSPS) is 12.2. The molecule has 1 aliphatic heterocycles. The smallest absolute Gasteiger partial charge is 0.387 e. The quantitative estimate of drug-likeness (QED) is 0.314. The van der Waals surface area contributed by atoms with E-state index in [1.165, 1.54) is 30.3 Å². The maximum atomic E-state index is 12.4. The average Bonchev–Trinajstić information content (AvgIpc) is 3.29. The fourth-order valence-corrected chi connectivity index (χ4v) is 3.21. The summed E-state index contributed by atoms with van der Waals surface area (Å²) in [5.41, 5.74) is 1.91. The van der Waals surface area contributed by atoms with Gasteiger partial charge in [0.05, 0.1) is 7.11 Å². The van der Waals surface area contributed by atoms with Crippen LogP contribution in [0.25, 0.3) is 6.08 Å². The number of carbonyl (C=O) groups is 1. The van der Waals surface area contributed by atoms with Gasteiger partial charge in [-0.2, -0.15) is 8.78 Å². The molecule has 3 aromatic rings. The van der Waals surface area contributed by atoms with Crippen LogP contribution in [0.4, 0.5) is 8.78 Å². The van der Waals surface area contributed by atoms with Crippen LogP contribution in [0.15, 0.2) is 66.7 Å². The van der Waals surface area contributed by atoms with E-state index in [0.29, 0.717) is 28.6 Å². The molecule has 4 rings (SSSR count). The molecule has 0 N–H and O–H groups in total. The molecule has 0 saturated carbocycles. The molecule has 0 spiro atoms. The number of hydrogen-bond acceptors (Lipinski definition) is 6. The van der Waals surface area contributed by atoms with E-state index in [4.69, 9.17) is 18.9 Å². The monoisotopic (exact) mass is 454 g/mol. The van der Waals surface area contributed by atoms with Crippen LogP contribution in [0.2, 0.25) is 0 Å². The van der Waals surface area contributed by atoms with Gasteiger partial charge in [0.25, 0.3) is 0 Å².